The molecule has 0 aromatic rings. The van der Waals surface area contributed by atoms with Crippen LogP contribution in [0, 0.1) is 0 Å². The lowest BCUT2D eigenvalue weighted by Crippen LogP contribution is -2.59. The minimum absolute atomic E-state index is 0.0352. The Kier molecular flexibility index (Phi) is 21.3. The van der Waals surface area contributed by atoms with Gasteiger partial charge in [0.2, 0.25) is 5.72 Å². The number of amides is 1. The van der Waals surface area contributed by atoms with E-state index in [1.807, 2.05) is 6.08 Å². The van der Waals surface area contributed by atoms with Gasteiger partial charge in [-0.05, 0) is 45.7 Å². The maximum Gasteiger partial charge on any atom is 0.275 e. The summed E-state index contributed by atoms with van der Waals surface area (Å²) < 4.78 is 16.5. The van der Waals surface area contributed by atoms with Crippen LogP contribution in [0.2, 0.25) is 0 Å². The highest BCUT2D eigenvalue weighted by Crippen LogP contribution is 2.27. The van der Waals surface area contributed by atoms with E-state index in [4.69, 9.17) is 46.7 Å². The summed E-state index contributed by atoms with van der Waals surface area (Å²) in [6.07, 6.45) is -0.710. The molecule has 2 rings (SSSR count). The van der Waals surface area contributed by atoms with Crippen molar-refractivity contribution in [3.05, 3.63) is 11.8 Å². The molecule has 0 aromatic heterocycles. The molecule has 9 atom stereocenters. The summed E-state index contributed by atoms with van der Waals surface area (Å²) in [4.78, 5) is 16.1. The van der Waals surface area contributed by atoms with E-state index in [0.717, 1.165) is 0 Å². The summed E-state index contributed by atoms with van der Waals surface area (Å²) in [7, 11) is 1.50. The number of hydrogen-bond acceptors (Lipinski definition) is 14. The Balaban J connectivity index is 0.00000144. The van der Waals surface area contributed by atoms with Crippen molar-refractivity contribution < 1.29 is 49.6 Å². The maximum absolute atomic E-state index is 12.5. The molecule has 1 aliphatic heterocycles. The zero-order chi connectivity index (χ0) is 33.9. The Hall–Kier alpha value is -2.16. The van der Waals surface area contributed by atoms with Gasteiger partial charge >= 0.3 is 0 Å². The number of guanidine groups is 1. The zero-order valence-corrected chi connectivity index (χ0v) is 26.3. The first kappa shape index (κ1) is 41.8. The Morgan fingerprint density at radius 3 is 2.39 bits per heavy atom. The van der Waals surface area contributed by atoms with E-state index in [-0.39, 0.29) is 26.0 Å². The summed E-state index contributed by atoms with van der Waals surface area (Å²) in [5.74, 6) is -0.547. The predicted molar refractivity (Wildman–Crippen MR) is 163 cm³/mol. The minimum atomic E-state index is -2.10. The average molecular weight is 640 g/mol. The van der Waals surface area contributed by atoms with E-state index in [2.05, 4.69) is 21.4 Å². The van der Waals surface area contributed by atoms with E-state index >= 15 is 0 Å². The summed E-state index contributed by atoms with van der Waals surface area (Å²) in [6, 6.07) is -1.09. The van der Waals surface area contributed by atoms with Crippen LogP contribution in [0.4, 0.5) is 0 Å². The van der Waals surface area contributed by atoms with Crippen molar-refractivity contribution in [3.63, 3.8) is 0 Å². The number of carbonyl (C=O) groups excluding carboxylic acids is 1. The molecular formula is C27H57N7O10. The van der Waals surface area contributed by atoms with E-state index in [1.165, 1.54) is 7.05 Å². The van der Waals surface area contributed by atoms with Crippen molar-refractivity contribution in [2.24, 2.45) is 27.9 Å². The molecule has 0 bridgehead atoms. The van der Waals surface area contributed by atoms with E-state index < -0.39 is 66.7 Å². The second kappa shape index (κ2) is 22.4. The average Bonchev–Trinajstić information content (AvgIpc) is 2.99. The van der Waals surface area contributed by atoms with Crippen molar-refractivity contribution in [3.8, 4) is 0 Å². The van der Waals surface area contributed by atoms with Crippen LogP contribution < -0.4 is 33.6 Å². The monoisotopic (exact) mass is 639 g/mol. The van der Waals surface area contributed by atoms with Crippen molar-refractivity contribution in [2.45, 2.75) is 114 Å². The zero-order valence-electron chi connectivity index (χ0n) is 26.3. The maximum atomic E-state index is 12.5. The van der Waals surface area contributed by atoms with Gasteiger partial charge in [-0.2, -0.15) is 0 Å². The Morgan fingerprint density at radius 1 is 1.20 bits per heavy atom. The van der Waals surface area contributed by atoms with Gasteiger partial charge in [0.15, 0.2) is 18.5 Å². The number of hydrogen-bond donors (Lipinski definition) is 12. The fourth-order valence-corrected chi connectivity index (χ4v) is 4.34. The first-order valence-corrected chi connectivity index (χ1v) is 14.9. The quantitative estimate of drug-likeness (QED) is 0.0467. The number of nitrogens with zero attached hydrogens (tertiary/aromatic N) is 1. The van der Waals surface area contributed by atoms with Crippen molar-refractivity contribution in [1.82, 2.24) is 10.6 Å². The standard InChI is InChI=1S/C20H38N6O7.C6H14O3.CH5N/c1-2-20(31,26-19(22)23)18(30)25-11-6-14(21)17(15(29)7-11)33-16-5-3-4-13(32-16)9-24-8-12(28)10-27;1-3-5(7)6(8)9-4-2;1-2/h4,11-12,14-17,24,27-29,31H,2-3,5-10,21H2,1H3,(H,25,30)(H4,22,23,26);5-8H,3-4H2,1-2H3;2H2,1H3/t11?,12?,14?,15?,16-,17-,20?;;/m1../s1. The number of aliphatic hydroxyl groups is 6. The molecule has 17 nitrogen and oxygen atoms in total. The number of carbonyl (C=O) groups is 1. The molecule has 17 heteroatoms. The van der Waals surface area contributed by atoms with Crippen LogP contribution in [0.25, 0.3) is 0 Å². The molecule has 0 saturated heterocycles. The van der Waals surface area contributed by atoms with Crippen LogP contribution in [0.5, 0.6) is 0 Å². The summed E-state index contributed by atoms with van der Waals surface area (Å²) in [6.45, 7) is 5.80. The molecule has 2 aliphatic rings. The van der Waals surface area contributed by atoms with Gasteiger partial charge in [0, 0.05) is 38.1 Å². The third-order valence-electron chi connectivity index (χ3n) is 6.73. The van der Waals surface area contributed by atoms with Gasteiger partial charge in [-0.1, -0.05) is 13.8 Å². The van der Waals surface area contributed by atoms with Crippen LogP contribution in [-0.4, -0.2) is 131 Å². The normalized spacial score (nSPS) is 26.5. The highest BCUT2D eigenvalue weighted by molar-refractivity contribution is 5.88. The van der Waals surface area contributed by atoms with Crippen molar-refractivity contribution in [1.29, 1.82) is 0 Å². The fourth-order valence-electron chi connectivity index (χ4n) is 4.34. The largest absolute Gasteiger partial charge is 0.468 e. The van der Waals surface area contributed by atoms with Crippen LogP contribution in [0.15, 0.2) is 16.8 Å². The summed E-state index contributed by atoms with van der Waals surface area (Å²) in [5.41, 5.74) is 19.2. The molecule has 0 spiro atoms. The molecule has 1 heterocycles. The number of rotatable bonds is 15. The van der Waals surface area contributed by atoms with Gasteiger partial charge < -0.3 is 78.4 Å². The molecule has 0 aromatic carbocycles. The van der Waals surface area contributed by atoms with Gasteiger partial charge in [0.05, 0.1) is 25.4 Å². The van der Waals surface area contributed by atoms with E-state index in [0.29, 0.717) is 44.6 Å². The molecule has 44 heavy (non-hydrogen) atoms. The molecule has 16 N–H and O–H groups in total. The smallest absolute Gasteiger partial charge is 0.275 e. The lowest BCUT2D eigenvalue weighted by atomic mass is 9.86. The second-order valence-corrected chi connectivity index (χ2v) is 10.3. The van der Waals surface area contributed by atoms with Crippen molar-refractivity contribution in [2.75, 3.05) is 33.4 Å². The summed E-state index contributed by atoms with van der Waals surface area (Å²) in [5, 5.41) is 62.6. The Bertz CT molecular complexity index is 840. The number of aliphatic hydroxyl groups excluding tert-OH is 5. The minimum Gasteiger partial charge on any atom is -0.468 e. The molecule has 1 saturated carbocycles. The number of aliphatic imine (C=N–C) groups is 1. The van der Waals surface area contributed by atoms with E-state index in [9.17, 15) is 20.1 Å². The van der Waals surface area contributed by atoms with Crippen LogP contribution in [0.1, 0.15) is 59.3 Å². The number of nitrogens with one attached hydrogen (secondary N) is 2. The molecule has 7 unspecified atom stereocenters. The van der Waals surface area contributed by atoms with Gasteiger partial charge in [0.25, 0.3) is 5.91 Å². The highest BCUT2D eigenvalue weighted by atomic mass is 16.7. The van der Waals surface area contributed by atoms with Gasteiger partial charge in [-0.15, -0.1) is 0 Å². The first-order valence-electron chi connectivity index (χ1n) is 14.9. The Labute approximate surface area is 259 Å². The predicted octanol–water partition coefficient (Wildman–Crippen LogP) is -3.64. The SMILES string of the molecule is CCC(O)(N=C(N)N)C(=O)NC1CC(N)[C@@H](O[C@@H]2CCC=C(CNCC(O)CO)O2)C(O)C1.CCOC(O)C(O)CC.CN. The van der Waals surface area contributed by atoms with Crippen LogP contribution >= 0.6 is 0 Å². The number of nitrogens with two attached hydrogens (primary N) is 4. The number of allylic oxidation sites excluding steroid dienone is 1. The lowest BCUT2D eigenvalue weighted by Gasteiger charge is -2.40. The molecule has 0 radical (unpaired) electrons. The lowest BCUT2D eigenvalue weighted by molar-refractivity contribution is -0.196. The van der Waals surface area contributed by atoms with Crippen LogP contribution in [0.3, 0.4) is 0 Å². The number of ether oxygens (including phenoxy) is 3. The molecule has 260 valence electrons. The van der Waals surface area contributed by atoms with Crippen LogP contribution in [-0.2, 0) is 19.0 Å². The van der Waals surface area contributed by atoms with Gasteiger partial charge in [-0.3, -0.25) is 4.79 Å². The van der Waals surface area contributed by atoms with Gasteiger partial charge in [-0.25, -0.2) is 4.99 Å². The topological polar surface area (TPSA) is 307 Å². The molecule has 1 amide bonds. The summed E-state index contributed by atoms with van der Waals surface area (Å²) >= 11 is 0. The molecule has 1 fully saturated rings. The first-order chi connectivity index (χ1) is 20.8. The third-order valence-corrected chi connectivity index (χ3v) is 6.73. The second-order valence-electron chi connectivity index (χ2n) is 10.3. The fraction of sp³-hybridized carbons (Fsp3) is 0.852. The third kappa shape index (κ3) is 15.2. The molecular weight excluding hydrogens is 582 g/mol. The Morgan fingerprint density at radius 2 is 1.86 bits per heavy atom. The highest BCUT2D eigenvalue weighted by Gasteiger charge is 2.41. The molecule has 1 aliphatic carbocycles. The van der Waals surface area contributed by atoms with E-state index in [1.54, 1.807) is 20.8 Å². The van der Waals surface area contributed by atoms with Gasteiger partial charge in [0.1, 0.15) is 18.0 Å². The van der Waals surface area contributed by atoms with Crippen molar-refractivity contribution >= 4 is 11.9 Å².